The SMILES string of the molecule is COc1ccccc1-c1cc(CN(c2ccccc2OC)S(=O)(=O)c2ccc(F)cc2)on1. The van der Waals surface area contributed by atoms with Gasteiger partial charge in [-0.3, -0.25) is 4.31 Å². The number of ether oxygens (including phenoxy) is 2. The highest BCUT2D eigenvalue weighted by atomic mass is 32.2. The summed E-state index contributed by atoms with van der Waals surface area (Å²) in [6.45, 7) is -0.164. The second-order valence-electron chi connectivity index (χ2n) is 7.02. The third kappa shape index (κ3) is 4.54. The summed E-state index contributed by atoms with van der Waals surface area (Å²) >= 11 is 0. The minimum atomic E-state index is -4.10. The first-order valence-corrected chi connectivity index (χ1v) is 11.4. The number of benzene rings is 3. The Morgan fingerprint density at radius 3 is 2.24 bits per heavy atom. The summed E-state index contributed by atoms with van der Waals surface area (Å²) < 4.78 is 57.9. The molecule has 4 aromatic rings. The van der Waals surface area contributed by atoms with Gasteiger partial charge < -0.3 is 14.0 Å². The van der Waals surface area contributed by atoms with E-state index in [4.69, 9.17) is 14.0 Å². The zero-order chi connectivity index (χ0) is 23.4. The third-order valence-electron chi connectivity index (χ3n) is 5.00. The monoisotopic (exact) mass is 468 g/mol. The molecule has 0 N–H and O–H groups in total. The smallest absolute Gasteiger partial charge is 0.264 e. The second kappa shape index (κ2) is 9.33. The first-order chi connectivity index (χ1) is 15.9. The molecule has 0 spiro atoms. The Hall–Kier alpha value is -3.85. The van der Waals surface area contributed by atoms with E-state index in [0.29, 0.717) is 34.2 Å². The van der Waals surface area contributed by atoms with Gasteiger partial charge >= 0.3 is 0 Å². The van der Waals surface area contributed by atoms with E-state index in [1.54, 1.807) is 43.5 Å². The maximum atomic E-state index is 13.6. The van der Waals surface area contributed by atoms with Crippen LogP contribution in [0.25, 0.3) is 11.3 Å². The quantitative estimate of drug-likeness (QED) is 0.366. The molecule has 0 amide bonds. The molecule has 0 bridgehead atoms. The number of halogens is 1. The Bertz CT molecular complexity index is 1350. The Balaban J connectivity index is 1.77. The molecule has 4 rings (SSSR count). The van der Waals surface area contributed by atoms with Crippen LogP contribution >= 0.6 is 0 Å². The summed E-state index contributed by atoms with van der Waals surface area (Å²) in [7, 11) is -1.09. The Kier molecular flexibility index (Phi) is 6.32. The molecular formula is C24H21FN2O5S. The lowest BCUT2D eigenvalue weighted by molar-refractivity contribution is 0.384. The highest BCUT2D eigenvalue weighted by Gasteiger charge is 2.29. The van der Waals surface area contributed by atoms with Gasteiger partial charge in [-0.1, -0.05) is 29.4 Å². The minimum absolute atomic E-state index is 0.0701. The lowest BCUT2D eigenvalue weighted by Crippen LogP contribution is -2.30. The van der Waals surface area contributed by atoms with Gasteiger partial charge in [0.15, 0.2) is 5.76 Å². The molecule has 0 atom stereocenters. The maximum absolute atomic E-state index is 13.6. The van der Waals surface area contributed by atoms with Gasteiger partial charge in [-0.05, 0) is 48.5 Å². The molecule has 1 heterocycles. The largest absolute Gasteiger partial charge is 0.496 e. The van der Waals surface area contributed by atoms with Crippen molar-refractivity contribution in [2.45, 2.75) is 11.4 Å². The van der Waals surface area contributed by atoms with Gasteiger partial charge in [-0.15, -0.1) is 0 Å². The lowest BCUT2D eigenvalue weighted by Gasteiger charge is -2.25. The van der Waals surface area contributed by atoms with Crippen LogP contribution in [-0.2, 0) is 16.6 Å². The van der Waals surface area contributed by atoms with Crippen LogP contribution in [0.1, 0.15) is 5.76 Å². The van der Waals surface area contributed by atoms with Crippen LogP contribution < -0.4 is 13.8 Å². The summed E-state index contributed by atoms with van der Waals surface area (Å²) in [5.41, 5.74) is 1.52. The van der Waals surface area contributed by atoms with E-state index in [0.717, 1.165) is 16.4 Å². The first kappa shape index (κ1) is 22.3. The second-order valence-corrected chi connectivity index (χ2v) is 8.88. The van der Waals surface area contributed by atoms with E-state index >= 15 is 0 Å². The van der Waals surface area contributed by atoms with Crippen molar-refractivity contribution in [3.05, 3.63) is 90.4 Å². The topological polar surface area (TPSA) is 81.9 Å². The first-order valence-electron chi connectivity index (χ1n) is 9.94. The molecule has 0 radical (unpaired) electrons. The summed E-state index contributed by atoms with van der Waals surface area (Å²) in [5.74, 6) is 0.729. The van der Waals surface area contributed by atoms with Gasteiger partial charge in [0.1, 0.15) is 23.0 Å². The van der Waals surface area contributed by atoms with Crippen molar-refractivity contribution in [3.63, 3.8) is 0 Å². The highest BCUT2D eigenvalue weighted by Crippen LogP contribution is 2.35. The van der Waals surface area contributed by atoms with Crippen LogP contribution in [0.5, 0.6) is 11.5 Å². The Labute approximate surface area is 191 Å². The molecule has 0 aliphatic heterocycles. The van der Waals surface area contributed by atoms with E-state index in [2.05, 4.69) is 5.16 Å². The maximum Gasteiger partial charge on any atom is 0.264 e. The molecule has 7 nitrogen and oxygen atoms in total. The van der Waals surface area contributed by atoms with Crippen molar-refractivity contribution in [1.29, 1.82) is 0 Å². The van der Waals surface area contributed by atoms with Gasteiger partial charge in [0.2, 0.25) is 0 Å². The van der Waals surface area contributed by atoms with Gasteiger partial charge in [-0.25, -0.2) is 12.8 Å². The van der Waals surface area contributed by atoms with Crippen molar-refractivity contribution in [1.82, 2.24) is 5.16 Å². The molecular weight excluding hydrogens is 447 g/mol. The fraction of sp³-hybridized carbons (Fsp3) is 0.125. The number of para-hydroxylation sites is 3. The van der Waals surface area contributed by atoms with Crippen molar-refractivity contribution in [2.75, 3.05) is 18.5 Å². The predicted molar refractivity (Wildman–Crippen MR) is 121 cm³/mol. The van der Waals surface area contributed by atoms with Gasteiger partial charge in [0.25, 0.3) is 10.0 Å². The summed E-state index contributed by atoms with van der Waals surface area (Å²) in [6.07, 6.45) is 0. The number of hydrogen-bond acceptors (Lipinski definition) is 6. The van der Waals surface area contributed by atoms with Crippen LogP contribution in [0.3, 0.4) is 0 Å². The van der Waals surface area contributed by atoms with Crippen LogP contribution in [0, 0.1) is 5.82 Å². The number of methoxy groups -OCH3 is 2. The fourth-order valence-corrected chi connectivity index (χ4v) is 4.82. The number of nitrogens with zero attached hydrogens (tertiary/aromatic N) is 2. The minimum Gasteiger partial charge on any atom is -0.496 e. The molecule has 0 saturated heterocycles. The highest BCUT2D eigenvalue weighted by molar-refractivity contribution is 7.92. The van der Waals surface area contributed by atoms with E-state index in [1.165, 1.54) is 19.2 Å². The van der Waals surface area contributed by atoms with Crippen molar-refractivity contribution in [3.8, 4) is 22.8 Å². The van der Waals surface area contributed by atoms with E-state index in [1.807, 2.05) is 18.2 Å². The molecule has 0 aliphatic carbocycles. The summed E-state index contributed by atoms with van der Waals surface area (Å²) in [6, 6.07) is 20.3. The van der Waals surface area contributed by atoms with Crippen molar-refractivity contribution >= 4 is 15.7 Å². The third-order valence-corrected chi connectivity index (χ3v) is 6.77. The molecule has 9 heteroatoms. The fourth-order valence-electron chi connectivity index (χ4n) is 3.38. The molecule has 33 heavy (non-hydrogen) atoms. The number of rotatable bonds is 8. The van der Waals surface area contributed by atoms with Crippen molar-refractivity contribution < 1.29 is 26.8 Å². The number of hydrogen-bond donors (Lipinski definition) is 0. The zero-order valence-electron chi connectivity index (χ0n) is 17.9. The summed E-state index contributed by atoms with van der Waals surface area (Å²) in [4.78, 5) is -0.0701. The number of sulfonamides is 1. The van der Waals surface area contributed by atoms with E-state index < -0.39 is 15.8 Å². The molecule has 0 unspecified atom stereocenters. The van der Waals surface area contributed by atoms with Crippen LogP contribution in [0.4, 0.5) is 10.1 Å². The number of aromatic nitrogens is 1. The van der Waals surface area contributed by atoms with Crippen molar-refractivity contribution in [2.24, 2.45) is 0 Å². The van der Waals surface area contributed by atoms with Crippen LogP contribution in [0.2, 0.25) is 0 Å². The average molecular weight is 469 g/mol. The average Bonchev–Trinajstić information content (AvgIpc) is 3.31. The number of anilines is 1. The molecule has 1 aromatic heterocycles. The van der Waals surface area contributed by atoms with Crippen LogP contribution in [-0.4, -0.2) is 27.8 Å². The molecule has 170 valence electrons. The molecule has 0 fully saturated rings. The summed E-state index contributed by atoms with van der Waals surface area (Å²) in [5, 5.41) is 4.09. The molecule has 3 aromatic carbocycles. The lowest BCUT2D eigenvalue weighted by atomic mass is 10.1. The zero-order valence-corrected chi connectivity index (χ0v) is 18.8. The standard InChI is InChI=1S/C24H21FN2O5S/c1-30-23-9-5-3-7-20(23)21-15-18(32-26-21)16-27(22-8-4-6-10-24(22)31-2)33(28,29)19-13-11-17(25)12-14-19/h3-15H,16H2,1-2H3. The van der Waals surface area contributed by atoms with Gasteiger partial charge in [-0.2, -0.15) is 0 Å². The molecule has 0 aliphatic rings. The normalized spacial score (nSPS) is 11.2. The Morgan fingerprint density at radius 2 is 1.55 bits per heavy atom. The molecule has 0 saturated carbocycles. The van der Waals surface area contributed by atoms with Gasteiger partial charge in [0.05, 0.1) is 31.3 Å². The predicted octanol–water partition coefficient (Wildman–Crippen LogP) is 4.89. The van der Waals surface area contributed by atoms with E-state index in [-0.39, 0.29) is 11.4 Å². The van der Waals surface area contributed by atoms with Gasteiger partial charge in [0, 0.05) is 11.6 Å². The van der Waals surface area contributed by atoms with E-state index in [9.17, 15) is 12.8 Å². The van der Waals surface area contributed by atoms with Crippen LogP contribution in [0.15, 0.2) is 88.3 Å². The Morgan fingerprint density at radius 1 is 0.909 bits per heavy atom.